The van der Waals surface area contributed by atoms with Crippen LogP contribution in [0.2, 0.25) is 0 Å². The largest absolute Gasteiger partial charge is 0.383 e. The SMILES string of the molecule is CNC(=O)CNC(=O)CSc1nc2sc3c(c2c(=O)n1CCOC)CCC3. The Hall–Kier alpha value is -1.91. The summed E-state index contributed by atoms with van der Waals surface area (Å²) in [4.78, 5) is 42.9. The minimum Gasteiger partial charge on any atom is -0.383 e. The van der Waals surface area contributed by atoms with Crippen LogP contribution >= 0.6 is 23.1 Å². The number of thiophene rings is 1. The molecular formula is C17H22N4O4S2. The van der Waals surface area contributed by atoms with E-state index < -0.39 is 0 Å². The van der Waals surface area contributed by atoms with Gasteiger partial charge < -0.3 is 15.4 Å². The Bertz CT molecular complexity index is 922. The molecule has 0 spiro atoms. The molecule has 2 aromatic rings. The maximum atomic E-state index is 13.1. The van der Waals surface area contributed by atoms with Crippen LogP contribution in [0.1, 0.15) is 16.9 Å². The minimum atomic E-state index is -0.287. The molecule has 0 radical (unpaired) electrons. The number of aromatic nitrogens is 2. The first-order valence-electron chi connectivity index (χ1n) is 8.69. The molecule has 10 heteroatoms. The Kier molecular flexibility index (Phi) is 6.51. The number of ether oxygens (including phenoxy) is 1. The van der Waals surface area contributed by atoms with Crippen molar-refractivity contribution in [2.45, 2.75) is 31.0 Å². The van der Waals surface area contributed by atoms with Gasteiger partial charge in [0.2, 0.25) is 11.8 Å². The molecule has 0 aromatic carbocycles. The van der Waals surface area contributed by atoms with Gasteiger partial charge in [0.15, 0.2) is 5.16 Å². The smallest absolute Gasteiger partial charge is 0.263 e. The van der Waals surface area contributed by atoms with E-state index in [4.69, 9.17) is 4.74 Å². The predicted octanol–water partition coefficient (Wildman–Crippen LogP) is 0.547. The van der Waals surface area contributed by atoms with Gasteiger partial charge in [0.05, 0.1) is 30.8 Å². The third-order valence-corrected chi connectivity index (χ3v) is 6.53. The van der Waals surface area contributed by atoms with E-state index in [0.717, 1.165) is 35.0 Å². The van der Waals surface area contributed by atoms with Crippen LogP contribution in [0.5, 0.6) is 0 Å². The number of nitrogens with zero attached hydrogens (tertiary/aromatic N) is 2. The van der Waals surface area contributed by atoms with Gasteiger partial charge in [0, 0.05) is 19.0 Å². The Morgan fingerprint density at radius 2 is 2.15 bits per heavy atom. The summed E-state index contributed by atoms with van der Waals surface area (Å²) >= 11 is 2.77. The lowest BCUT2D eigenvalue weighted by atomic mass is 10.2. The maximum Gasteiger partial charge on any atom is 0.263 e. The molecule has 146 valence electrons. The summed E-state index contributed by atoms with van der Waals surface area (Å²) in [6.45, 7) is 0.692. The highest BCUT2D eigenvalue weighted by Gasteiger charge is 2.23. The topological polar surface area (TPSA) is 102 Å². The van der Waals surface area contributed by atoms with Crippen LogP contribution in [-0.2, 0) is 33.7 Å². The number of aryl methyl sites for hydroxylation is 2. The van der Waals surface area contributed by atoms with Crippen molar-refractivity contribution >= 4 is 45.1 Å². The van der Waals surface area contributed by atoms with Gasteiger partial charge in [-0.05, 0) is 24.8 Å². The van der Waals surface area contributed by atoms with Crippen LogP contribution < -0.4 is 16.2 Å². The molecule has 0 atom stereocenters. The molecule has 0 unspecified atom stereocenters. The summed E-state index contributed by atoms with van der Waals surface area (Å²) in [5.74, 6) is -0.476. The maximum absolute atomic E-state index is 13.1. The zero-order valence-corrected chi connectivity index (χ0v) is 16.9. The molecule has 2 N–H and O–H groups in total. The highest BCUT2D eigenvalue weighted by Crippen LogP contribution is 2.35. The van der Waals surface area contributed by atoms with E-state index in [0.29, 0.717) is 18.3 Å². The van der Waals surface area contributed by atoms with E-state index in [1.165, 1.54) is 23.7 Å². The second-order valence-electron chi connectivity index (χ2n) is 6.12. The summed E-state index contributed by atoms with van der Waals surface area (Å²) < 4.78 is 6.72. The first kappa shape index (κ1) is 19.8. The molecule has 2 amide bonds. The van der Waals surface area contributed by atoms with Gasteiger partial charge in [-0.15, -0.1) is 11.3 Å². The number of thioether (sulfide) groups is 1. The van der Waals surface area contributed by atoms with Crippen molar-refractivity contribution in [1.29, 1.82) is 0 Å². The van der Waals surface area contributed by atoms with Crippen molar-refractivity contribution < 1.29 is 14.3 Å². The van der Waals surface area contributed by atoms with Gasteiger partial charge in [0.1, 0.15) is 4.83 Å². The second-order valence-corrected chi connectivity index (χ2v) is 8.15. The zero-order chi connectivity index (χ0) is 19.4. The average Bonchev–Trinajstić information content (AvgIpc) is 3.24. The fourth-order valence-corrected chi connectivity index (χ4v) is 5.15. The third-order valence-electron chi connectivity index (χ3n) is 4.37. The predicted molar refractivity (Wildman–Crippen MR) is 106 cm³/mol. The van der Waals surface area contributed by atoms with Gasteiger partial charge >= 0.3 is 0 Å². The van der Waals surface area contributed by atoms with E-state index in [2.05, 4.69) is 15.6 Å². The van der Waals surface area contributed by atoms with Crippen molar-refractivity contribution in [2.24, 2.45) is 0 Å². The van der Waals surface area contributed by atoms with Crippen molar-refractivity contribution in [1.82, 2.24) is 20.2 Å². The first-order valence-corrected chi connectivity index (χ1v) is 10.5. The number of carbonyl (C=O) groups is 2. The number of amides is 2. The van der Waals surface area contributed by atoms with Crippen LogP contribution in [0.3, 0.4) is 0 Å². The summed E-state index contributed by atoms with van der Waals surface area (Å²) in [6, 6.07) is 0. The van der Waals surface area contributed by atoms with E-state index in [9.17, 15) is 14.4 Å². The highest BCUT2D eigenvalue weighted by molar-refractivity contribution is 7.99. The number of hydrogen-bond acceptors (Lipinski definition) is 7. The van der Waals surface area contributed by atoms with Crippen molar-refractivity contribution in [2.75, 3.05) is 33.1 Å². The van der Waals surface area contributed by atoms with Crippen LogP contribution in [0, 0.1) is 0 Å². The lowest BCUT2D eigenvalue weighted by Crippen LogP contribution is -2.36. The molecule has 0 bridgehead atoms. The number of rotatable bonds is 8. The van der Waals surface area contributed by atoms with E-state index in [1.54, 1.807) is 23.0 Å². The van der Waals surface area contributed by atoms with Gasteiger partial charge in [-0.2, -0.15) is 0 Å². The molecule has 27 heavy (non-hydrogen) atoms. The summed E-state index contributed by atoms with van der Waals surface area (Å²) in [6.07, 6.45) is 3.00. The molecule has 8 nitrogen and oxygen atoms in total. The van der Waals surface area contributed by atoms with Crippen LogP contribution in [-0.4, -0.2) is 54.4 Å². The van der Waals surface area contributed by atoms with Gasteiger partial charge in [-0.25, -0.2) is 4.98 Å². The number of carbonyl (C=O) groups excluding carboxylic acids is 2. The lowest BCUT2D eigenvalue weighted by Gasteiger charge is -2.12. The second kappa shape index (κ2) is 8.85. The molecule has 1 aliphatic rings. The number of nitrogens with one attached hydrogen (secondary N) is 2. The Labute approximate surface area is 164 Å². The normalized spacial score (nSPS) is 13.0. The average molecular weight is 411 g/mol. The van der Waals surface area contributed by atoms with Gasteiger partial charge in [-0.1, -0.05) is 11.8 Å². The number of hydrogen-bond donors (Lipinski definition) is 2. The number of fused-ring (bicyclic) bond motifs is 3. The van der Waals surface area contributed by atoms with Crippen molar-refractivity contribution in [3.05, 3.63) is 20.8 Å². The standard InChI is InChI=1S/C17H22N4O4S2/c1-18-12(22)8-19-13(23)9-26-17-20-15-14(10-4-3-5-11(10)27-15)16(24)21(17)6-7-25-2/h3-9H2,1-2H3,(H,18,22)(H,19,23). The third kappa shape index (κ3) is 4.33. The van der Waals surface area contributed by atoms with Crippen LogP contribution in [0.25, 0.3) is 10.2 Å². The first-order chi connectivity index (χ1) is 13.0. The molecule has 1 aliphatic carbocycles. The molecule has 0 fully saturated rings. The van der Waals surface area contributed by atoms with Crippen molar-refractivity contribution in [3.63, 3.8) is 0 Å². The van der Waals surface area contributed by atoms with Gasteiger partial charge in [0.25, 0.3) is 5.56 Å². The Morgan fingerprint density at radius 1 is 1.33 bits per heavy atom. The lowest BCUT2D eigenvalue weighted by molar-refractivity contribution is -0.124. The summed E-state index contributed by atoms with van der Waals surface area (Å²) in [5, 5.41) is 6.20. The molecule has 2 aromatic heterocycles. The van der Waals surface area contributed by atoms with Crippen molar-refractivity contribution in [3.8, 4) is 0 Å². The molecular weight excluding hydrogens is 388 g/mol. The molecule has 0 aliphatic heterocycles. The fraction of sp³-hybridized carbons (Fsp3) is 0.529. The van der Waals surface area contributed by atoms with E-state index >= 15 is 0 Å². The van der Waals surface area contributed by atoms with Gasteiger partial charge in [-0.3, -0.25) is 19.0 Å². The fourth-order valence-electron chi connectivity index (χ4n) is 3.00. The highest BCUT2D eigenvalue weighted by atomic mass is 32.2. The summed E-state index contributed by atoms with van der Waals surface area (Å²) in [7, 11) is 3.09. The molecule has 3 rings (SSSR count). The number of methoxy groups -OCH3 is 1. The monoisotopic (exact) mass is 410 g/mol. The molecule has 2 heterocycles. The summed E-state index contributed by atoms with van der Waals surface area (Å²) in [5.41, 5.74) is 1.07. The zero-order valence-electron chi connectivity index (χ0n) is 15.3. The molecule has 0 saturated heterocycles. The number of likely N-dealkylation sites (N-methyl/N-ethyl adjacent to an activating group) is 1. The Morgan fingerprint density at radius 3 is 2.89 bits per heavy atom. The minimum absolute atomic E-state index is 0.0651. The van der Waals surface area contributed by atoms with E-state index in [1.807, 2.05) is 0 Å². The quantitative estimate of drug-likeness (QED) is 0.487. The van der Waals surface area contributed by atoms with Crippen LogP contribution in [0.4, 0.5) is 0 Å². The van der Waals surface area contributed by atoms with E-state index in [-0.39, 0.29) is 29.7 Å². The van der Waals surface area contributed by atoms with Crippen LogP contribution in [0.15, 0.2) is 9.95 Å². The molecule has 0 saturated carbocycles. The Balaban J connectivity index is 1.84.